The van der Waals surface area contributed by atoms with Crippen LogP contribution in [0.5, 0.6) is 0 Å². The van der Waals surface area contributed by atoms with Gasteiger partial charge < -0.3 is 11.1 Å². The molecule has 8 heteroatoms. The van der Waals surface area contributed by atoms with Gasteiger partial charge in [-0.05, 0) is 44.4 Å². The predicted octanol–water partition coefficient (Wildman–Crippen LogP) is 0.357. The molecule has 1 heterocycles. The summed E-state index contributed by atoms with van der Waals surface area (Å²) in [6, 6.07) is 5.99. The summed E-state index contributed by atoms with van der Waals surface area (Å²) >= 11 is 0. The lowest BCUT2D eigenvalue weighted by molar-refractivity contribution is -0.122. The van der Waals surface area contributed by atoms with Crippen molar-refractivity contribution in [2.24, 2.45) is 16.6 Å². The lowest BCUT2D eigenvalue weighted by Crippen LogP contribution is -2.43. The van der Waals surface area contributed by atoms with Crippen LogP contribution < -0.4 is 15.8 Å². The quantitative estimate of drug-likeness (QED) is 0.727. The number of carbonyl (C=O) groups excluding carboxylic acids is 1. The van der Waals surface area contributed by atoms with Crippen LogP contribution in [0.25, 0.3) is 0 Å². The van der Waals surface area contributed by atoms with E-state index >= 15 is 0 Å². The maximum absolute atomic E-state index is 12.4. The van der Waals surface area contributed by atoms with E-state index in [1.165, 1.54) is 6.07 Å². The first-order valence-electron chi connectivity index (χ1n) is 8.13. The highest BCUT2D eigenvalue weighted by Gasteiger charge is 2.32. The highest BCUT2D eigenvalue weighted by atomic mass is 32.2. The van der Waals surface area contributed by atoms with Crippen LogP contribution in [-0.4, -0.2) is 38.8 Å². The summed E-state index contributed by atoms with van der Waals surface area (Å²) in [5.41, 5.74) is 6.23. The van der Waals surface area contributed by atoms with E-state index < -0.39 is 16.1 Å². The molecule has 1 saturated carbocycles. The molecule has 3 unspecified atom stereocenters. The maximum atomic E-state index is 12.4. The first-order chi connectivity index (χ1) is 11.4. The van der Waals surface area contributed by atoms with Crippen LogP contribution in [0.15, 0.2) is 34.2 Å². The second-order valence-corrected chi connectivity index (χ2v) is 7.95. The minimum atomic E-state index is -3.59. The molecule has 0 bridgehead atoms. The zero-order valence-corrected chi connectivity index (χ0v) is 14.3. The van der Waals surface area contributed by atoms with E-state index in [2.05, 4.69) is 15.0 Å². The van der Waals surface area contributed by atoms with Crippen molar-refractivity contribution in [1.82, 2.24) is 10.0 Å². The molecule has 0 radical (unpaired) electrons. The summed E-state index contributed by atoms with van der Waals surface area (Å²) in [4.78, 5) is 16.9. The predicted molar refractivity (Wildman–Crippen MR) is 91.1 cm³/mol. The van der Waals surface area contributed by atoms with Gasteiger partial charge in [0.15, 0.2) is 0 Å². The second kappa shape index (κ2) is 6.52. The average molecular weight is 350 g/mol. The third kappa shape index (κ3) is 3.16. The second-order valence-electron chi connectivity index (χ2n) is 6.30. The van der Waals surface area contributed by atoms with Crippen LogP contribution in [0, 0.1) is 5.92 Å². The zero-order chi connectivity index (χ0) is 17.3. The molecule has 1 aromatic rings. The maximum Gasteiger partial charge on any atom is 0.263 e. The number of amidine groups is 1. The number of amides is 1. The molecule has 130 valence electrons. The standard InChI is InChI=1S/C16H22N4O3S/c1-10(16(21)19-13-7-4-5-11(13)9-17)18-15-12-6-2-3-8-14(12)24(22,23)20-15/h2-3,6,8,10-11,13H,4-5,7,9,17H2,1H3,(H,18,20)(H,19,21). The fourth-order valence-electron chi connectivity index (χ4n) is 3.29. The molecule has 1 aromatic carbocycles. The smallest absolute Gasteiger partial charge is 0.263 e. The van der Waals surface area contributed by atoms with E-state index in [0.717, 1.165) is 19.3 Å². The number of carbonyl (C=O) groups is 1. The summed E-state index contributed by atoms with van der Waals surface area (Å²) in [6.07, 6.45) is 3.01. The molecule has 0 spiro atoms. The molecule has 7 nitrogen and oxygen atoms in total. The van der Waals surface area contributed by atoms with Crippen molar-refractivity contribution < 1.29 is 13.2 Å². The van der Waals surface area contributed by atoms with Crippen molar-refractivity contribution in [2.45, 2.75) is 43.2 Å². The van der Waals surface area contributed by atoms with Crippen LogP contribution in [0.3, 0.4) is 0 Å². The molecule has 2 aliphatic rings. The Kier molecular flexibility index (Phi) is 4.60. The highest BCUT2D eigenvalue weighted by molar-refractivity contribution is 7.90. The van der Waals surface area contributed by atoms with Gasteiger partial charge in [0.1, 0.15) is 11.9 Å². The van der Waals surface area contributed by atoms with Crippen LogP contribution >= 0.6 is 0 Å². The van der Waals surface area contributed by atoms with Crippen molar-refractivity contribution >= 4 is 21.8 Å². The van der Waals surface area contributed by atoms with Gasteiger partial charge in [0, 0.05) is 11.6 Å². The molecule has 4 N–H and O–H groups in total. The van der Waals surface area contributed by atoms with Gasteiger partial charge in [-0.3, -0.25) is 14.5 Å². The number of nitrogens with zero attached hydrogens (tertiary/aromatic N) is 1. The van der Waals surface area contributed by atoms with E-state index in [0.29, 0.717) is 18.0 Å². The molecular formula is C16H22N4O3S. The number of benzene rings is 1. The minimum absolute atomic E-state index is 0.0812. The number of aliphatic imine (C=N–C) groups is 1. The number of hydrogen-bond donors (Lipinski definition) is 3. The first kappa shape index (κ1) is 16.9. The summed E-state index contributed by atoms with van der Waals surface area (Å²) in [7, 11) is -3.59. The molecule has 1 aliphatic heterocycles. The topological polar surface area (TPSA) is 114 Å². The van der Waals surface area contributed by atoms with Gasteiger partial charge in [0.2, 0.25) is 5.91 Å². The molecule has 3 atom stereocenters. The van der Waals surface area contributed by atoms with Crippen molar-refractivity contribution in [1.29, 1.82) is 0 Å². The molecule has 0 aromatic heterocycles. The Morgan fingerprint density at radius 2 is 2.17 bits per heavy atom. The van der Waals surface area contributed by atoms with Gasteiger partial charge in [0.05, 0.1) is 4.90 Å². The van der Waals surface area contributed by atoms with Gasteiger partial charge in [-0.25, -0.2) is 8.42 Å². The third-order valence-corrected chi connectivity index (χ3v) is 6.05. The largest absolute Gasteiger partial charge is 0.351 e. The Morgan fingerprint density at radius 1 is 1.42 bits per heavy atom. The highest BCUT2D eigenvalue weighted by Crippen LogP contribution is 2.25. The number of hydrogen-bond acceptors (Lipinski definition) is 5. The van der Waals surface area contributed by atoms with Crippen molar-refractivity contribution in [3.05, 3.63) is 29.8 Å². The molecule has 24 heavy (non-hydrogen) atoms. The van der Waals surface area contributed by atoms with Gasteiger partial charge in [-0.15, -0.1) is 0 Å². The fraction of sp³-hybridized carbons (Fsp3) is 0.500. The number of rotatable bonds is 4. The van der Waals surface area contributed by atoms with Crippen molar-refractivity contribution in [3.63, 3.8) is 0 Å². The van der Waals surface area contributed by atoms with E-state index in [9.17, 15) is 13.2 Å². The SMILES string of the molecule is CC(N=C1NS(=O)(=O)c2ccccc21)C(=O)NC1CCCC1CN. The Bertz CT molecular complexity index is 775. The Balaban J connectivity index is 1.76. The first-order valence-corrected chi connectivity index (χ1v) is 9.61. The Morgan fingerprint density at radius 3 is 2.92 bits per heavy atom. The minimum Gasteiger partial charge on any atom is -0.351 e. The summed E-state index contributed by atoms with van der Waals surface area (Å²) in [5, 5.41) is 3.00. The van der Waals surface area contributed by atoms with Crippen LogP contribution in [0.1, 0.15) is 31.7 Å². The molecule has 1 aliphatic carbocycles. The van der Waals surface area contributed by atoms with Crippen LogP contribution in [0.4, 0.5) is 0 Å². The summed E-state index contributed by atoms with van der Waals surface area (Å²) in [6.45, 7) is 2.21. The molecule has 3 rings (SSSR count). The number of fused-ring (bicyclic) bond motifs is 1. The van der Waals surface area contributed by atoms with E-state index in [1.807, 2.05) is 0 Å². The zero-order valence-electron chi connectivity index (χ0n) is 13.5. The van der Waals surface area contributed by atoms with Crippen LogP contribution in [-0.2, 0) is 14.8 Å². The third-order valence-electron chi connectivity index (χ3n) is 4.65. The van der Waals surface area contributed by atoms with Gasteiger partial charge in [-0.1, -0.05) is 18.6 Å². The van der Waals surface area contributed by atoms with Crippen molar-refractivity contribution in [2.75, 3.05) is 6.54 Å². The van der Waals surface area contributed by atoms with Crippen molar-refractivity contribution in [3.8, 4) is 0 Å². The van der Waals surface area contributed by atoms with Gasteiger partial charge >= 0.3 is 0 Å². The van der Waals surface area contributed by atoms with E-state index in [4.69, 9.17) is 5.73 Å². The monoisotopic (exact) mass is 350 g/mol. The fourth-order valence-corrected chi connectivity index (χ4v) is 4.53. The normalized spacial score (nSPS) is 27.5. The Hall–Kier alpha value is -1.93. The molecular weight excluding hydrogens is 328 g/mol. The van der Waals surface area contributed by atoms with Gasteiger partial charge in [-0.2, -0.15) is 0 Å². The Labute approximate surface area is 141 Å². The number of nitrogens with one attached hydrogen (secondary N) is 2. The van der Waals surface area contributed by atoms with Gasteiger partial charge in [0.25, 0.3) is 10.0 Å². The number of sulfonamides is 1. The lowest BCUT2D eigenvalue weighted by Gasteiger charge is -2.20. The average Bonchev–Trinajstić information content (AvgIpc) is 3.10. The summed E-state index contributed by atoms with van der Waals surface area (Å²) in [5.74, 6) is 0.311. The van der Waals surface area contributed by atoms with E-state index in [1.54, 1.807) is 25.1 Å². The number of nitrogens with two attached hydrogens (primary N) is 1. The molecule has 1 amide bonds. The van der Waals surface area contributed by atoms with E-state index in [-0.39, 0.29) is 22.7 Å². The van der Waals surface area contributed by atoms with Crippen LogP contribution in [0.2, 0.25) is 0 Å². The summed E-state index contributed by atoms with van der Waals surface area (Å²) < 4.78 is 26.6. The molecule has 0 saturated heterocycles. The molecule has 1 fully saturated rings. The lowest BCUT2D eigenvalue weighted by atomic mass is 10.0.